The van der Waals surface area contributed by atoms with E-state index in [0.29, 0.717) is 18.8 Å². The van der Waals surface area contributed by atoms with E-state index in [1.165, 1.54) is 18.3 Å². The molecule has 0 aliphatic carbocycles. The van der Waals surface area contributed by atoms with Crippen LogP contribution in [0.1, 0.15) is 29.9 Å². The van der Waals surface area contributed by atoms with Crippen LogP contribution in [-0.2, 0) is 11.3 Å². The van der Waals surface area contributed by atoms with Crippen LogP contribution in [-0.4, -0.2) is 52.3 Å². The van der Waals surface area contributed by atoms with Gasteiger partial charge in [0.2, 0.25) is 0 Å². The van der Waals surface area contributed by atoms with E-state index in [9.17, 15) is 9.59 Å². The Kier molecular flexibility index (Phi) is 4.74. The van der Waals surface area contributed by atoms with Gasteiger partial charge in [-0.3, -0.25) is 4.98 Å². The maximum absolute atomic E-state index is 12.1. The third kappa shape index (κ3) is 4.16. The van der Waals surface area contributed by atoms with Gasteiger partial charge in [0.15, 0.2) is 0 Å². The number of carboxylic acid groups (broad SMARTS) is 1. The highest BCUT2D eigenvalue weighted by Gasteiger charge is 2.25. The predicted molar refractivity (Wildman–Crippen MR) is 75.0 cm³/mol. The molecule has 1 fully saturated rings. The summed E-state index contributed by atoms with van der Waals surface area (Å²) >= 11 is 0. The zero-order valence-electron chi connectivity index (χ0n) is 12.1. The molecule has 7 heteroatoms. The molecule has 1 aromatic heterocycles. The first-order valence-corrected chi connectivity index (χ1v) is 6.82. The van der Waals surface area contributed by atoms with Crippen molar-refractivity contribution in [2.75, 3.05) is 13.1 Å². The van der Waals surface area contributed by atoms with Crippen LogP contribution in [0.3, 0.4) is 0 Å². The monoisotopic (exact) mass is 293 g/mol. The lowest BCUT2D eigenvalue weighted by Crippen LogP contribution is -2.51. The van der Waals surface area contributed by atoms with Crippen LogP contribution in [0.25, 0.3) is 0 Å². The molecular formula is C14H19N3O4. The summed E-state index contributed by atoms with van der Waals surface area (Å²) in [6.45, 7) is 5.12. The number of rotatable bonds is 3. The molecule has 0 saturated carbocycles. The molecule has 1 saturated heterocycles. The molecule has 0 radical (unpaired) electrons. The summed E-state index contributed by atoms with van der Waals surface area (Å²) in [6.07, 6.45) is 1.44. The molecule has 114 valence electrons. The predicted octanol–water partition coefficient (Wildman–Crippen LogP) is 1.10. The summed E-state index contributed by atoms with van der Waals surface area (Å²) in [7, 11) is 0. The maximum Gasteiger partial charge on any atom is 0.335 e. The molecule has 2 unspecified atom stereocenters. The van der Waals surface area contributed by atoms with Crippen molar-refractivity contribution in [2.24, 2.45) is 0 Å². The molecule has 2 atom stereocenters. The van der Waals surface area contributed by atoms with E-state index in [1.807, 2.05) is 13.8 Å². The van der Waals surface area contributed by atoms with Gasteiger partial charge < -0.3 is 20.1 Å². The van der Waals surface area contributed by atoms with Crippen molar-refractivity contribution in [3.05, 3.63) is 29.6 Å². The van der Waals surface area contributed by atoms with E-state index in [-0.39, 0.29) is 30.3 Å². The number of nitrogens with zero attached hydrogens (tertiary/aromatic N) is 2. The van der Waals surface area contributed by atoms with Gasteiger partial charge in [-0.15, -0.1) is 0 Å². The standard InChI is InChI=1S/C14H19N3O4/c1-9-7-17(8-10(2)21-9)14(20)16-6-12-5-11(13(18)19)3-4-15-12/h3-5,9-10H,6-8H2,1-2H3,(H,16,20)(H,18,19). The number of hydrogen-bond donors (Lipinski definition) is 2. The highest BCUT2D eigenvalue weighted by atomic mass is 16.5. The molecule has 1 aromatic rings. The summed E-state index contributed by atoms with van der Waals surface area (Å²) in [6, 6.07) is 2.67. The molecule has 0 aromatic carbocycles. The molecule has 7 nitrogen and oxygen atoms in total. The summed E-state index contributed by atoms with van der Waals surface area (Å²) in [5.74, 6) is -1.01. The van der Waals surface area contributed by atoms with Crippen LogP contribution < -0.4 is 5.32 Å². The highest BCUT2D eigenvalue weighted by Crippen LogP contribution is 2.10. The smallest absolute Gasteiger partial charge is 0.335 e. The zero-order valence-corrected chi connectivity index (χ0v) is 12.1. The normalized spacial score (nSPS) is 21.9. The third-order valence-corrected chi connectivity index (χ3v) is 3.19. The van der Waals surface area contributed by atoms with E-state index in [0.717, 1.165) is 0 Å². The first kappa shape index (κ1) is 15.2. The molecule has 1 aliphatic heterocycles. The van der Waals surface area contributed by atoms with Gasteiger partial charge in [-0.25, -0.2) is 9.59 Å². The number of carbonyl (C=O) groups excluding carboxylic acids is 1. The summed E-state index contributed by atoms with van der Waals surface area (Å²) < 4.78 is 5.57. The lowest BCUT2D eigenvalue weighted by molar-refractivity contribution is -0.0545. The average Bonchev–Trinajstić information content (AvgIpc) is 2.44. The van der Waals surface area contributed by atoms with Crippen molar-refractivity contribution in [3.8, 4) is 0 Å². The van der Waals surface area contributed by atoms with Crippen LogP contribution in [0.5, 0.6) is 0 Å². The number of pyridine rings is 1. The van der Waals surface area contributed by atoms with E-state index in [1.54, 1.807) is 4.90 Å². The Bertz CT molecular complexity index is 525. The van der Waals surface area contributed by atoms with E-state index in [2.05, 4.69) is 10.3 Å². The minimum Gasteiger partial charge on any atom is -0.478 e. The second kappa shape index (κ2) is 6.53. The van der Waals surface area contributed by atoms with Crippen LogP contribution in [0.4, 0.5) is 4.79 Å². The van der Waals surface area contributed by atoms with E-state index < -0.39 is 5.97 Å². The lowest BCUT2D eigenvalue weighted by Gasteiger charge is -2.35. The number of carbonyl (C=O) groups is 2. The van der Waals surface area contributed by atoms with Crippen molar-refractivity contribution in [3.63, 3.8) is 0 Å². The average molecular weight is 293 g/mol. The summed E-state index contributed by atoms with van der Waals surface area (Å²) in [4.78, 5) is 28.7. The van der Waals surface area contributed by atoms with Crippen molar-refractivity contribution in [1.29, 1.82) is 0 Å². The van der Waals surface area contributed by atoms with Crippen LogP contribution >= 0.6 is 0 Å². The summed E-state index contributed by atoms with van der Waals surface area (Å²) in [5.41, 5.74) is 0.667. The van der Waals surface area contributed by atoms with Gasteiger partial charge in [-0.1, -0.05) is 0 Å². The molecule has 2 amide bonds. The van der Waals surface area contributed by atoms with Crippen LogP contribution in [0.2, 0.25) is 0 Å². The Labute approximate surface area is 122 Å². The number of nitrogens with one attached hydrogen (secondary N) is 1. The van der Waals surface area contributed by atoms with E-state index in [4.69, 9.17) is 9.84 Å². The second-order valence-electron chi connectivity index (χ2n) is 5.16. The molecular weight excluding hydrogens is 274 g/mol. The molecule has 2 N–H and O–H groups in total. The lowest BCUT2D eigenvalue weighted by atomic mass is 10.2. The van der Waals surface area contributed by atoms with Crippen molar-refractivity contribution < 1.29 is 19.4 Å². The molecule has 21 heavy (non-hydrogen) atoms. The fourth-order valence-electron chi connectivity index (χ4n) is 2.33. The minimum absolute atomic E-state index is 0.00737. The first-order valence-electron chi connectivity index (χ1n) is 6.82. The molecule has 0 bridgehead atoms. The zero-order chi connectivity index (χ0) is 15.4. The quantitative estimate of drug-likeness (QED) is 0.870. The minimum atomic E-state index is -1.01. The van der Waals surface area contributed by atoms with Crippen LogP contribution in [0.15, 0.2) is 18.3 Å². The number of aromatic nitrogens is 1. The second-order valence-corrected chi connectivity index (χ2v) is 5.16. The number of hydrogen-bond acceptors (Lipinski definition) is 4. The highest BCUT2D eigenvalue weighted by molar-refractivity contribution is 5.87. The molecule has 2 heterocycles. The number of morpholine rings is 1. The fraction of sp³-hybridized carbons (Fsp3) is 0.500. The Hall–Kier alpha value is -2.15. The van der Waals surface area contributed by atoms with Gasteiger partial charge in [0.1, 0.15) is 0 Å². The Morgan fingerprint density at radius 2 is 2.10 bits per heavy atom. The van der Waals surface area contributed by atoms with Gasteiger partial charge in [0.05, 0.1) is 30.0 Å². The van der Waals surface area contributed by atoms with Crippen molar-refractivity contribution >= 4 is 12.0 Å². The maximum atomic E-state index is 12.1. The SMILES string of the molecule is CC1CN(C(=O)NCc2cc(C(=O)O)ccn2)CC(C)O1. The number of amides is 2. The van der Waals surface area contributed by atoms with Crippen LogP contribution in [0, 0.1) is 0 Å². The van der Waals surface area contributed by atoms with Gasteiger partial charge >= 0.3 is 12.0 Å². The van der Waals surface area contributed by atoms with E-state index >= 15 is 0 Å². The Balaban J connectivity index is 1.92. The number of aromatic carboxylic acids is 1. The molecule has 0 spiro atoms. The number of carboxylic acids is 1. The van der Waals surface area contributed by atoms with Crippen molar-refractivity contribution in [1.82, 2.24) is 15.2 Å². The van der Waals surface area contributed by atoms with Gasteiger partial charge in [-0.2, -0.15) is 0 Å². The third-order valence-electron chi connectivity index (χ3n) is 3.19. The molecule has 1 aliphatic rings. The van der Waals surface area contributed by atoms with Gasteiger partial charge in [0, 0.05) is 19.3 Å². The number of urea groups is 1. The number of ether oxygens (including phenoxy) is 1. The van der Waals surface area contributed by atoms with Gasteiger partial charge in [-0.05, 0) is 26.0 Å². The summed E-state index contributed by atoms with van der Waals surface area (Å²) in [5, 5.41) is 11.7. The van der Waals surface area contributed by atoms with Gasteiger partial charge in [0.25, 0.3) is 0 Å². The fourth-order valence-corrected chi connectivity index (χ4v) is 2.33. The Morgan fingerprint density at radius 3 is 2.71 bits per heavy atom. The largest absolute Gasteiger partial charge is 0.478 e. The van der Waals surface area contributed by atoms with Crippen molar-refractivity contribution in [2.45, 2.75) is 32.6 Å². The topological polar surface area (TPSA) is 91.8 Å². The molecule has 2 rings (SSSR count). The Morgan fingerprint density at radius 1 is 1.43 bits per heavy atom. The first-order chi connectivity index (χ1) is 9.95.